The third-order valence-electron chi connectivity index (χ3n) is 3.90. The average molecular weight is 291 g/mol. The smallest absolute Gasteiger partial charge is 0.161 e. The molecule has 0 aliphatic rings. The van der Waals surface area contributed by atoms with Crippen LogP contribution in [0.4, 0.5) is 0 Å². The van der Waals surface area contributed by atoms with Crippen molar-refractivity contribution in [3.8, 4) is 5.75 Å². The molecule has 2 rings (SSSR count). The number of aryl methyl sites for hydroxylation is 3. The van der Waals surface area contributed by atoms with E-state index in [1.54, 1.807) is 13.3 Å². The van der Waals surface area contributed by atoms with Gasteiger partial charge in [-0.05, 0) is 27.3 Å². The van der Waals surface area contributed by atoms with Gasteiger partial charge < -0.3 is 10.1 Å². The Labute approximate surface area is 126 Å². The zero-order valence-electron chi connectivity index (χ0n) is 13.8. The maximum absolute atomic E-state index is 5.51. The van der Waals surface area contributed by atoms with Gasteiger partial charge in [-0.25, -0.2) is 0 Å². The molecule has 0 aliphatic carbocycles. The summed E-state index contributed by atoms with van der Waals surface area (Å²) in [5.41, 5.74) is 4.45. The van der Waals surface area contributed by atoms with Crippen LogP contribution in [0.3, 0.4) is 0 Å². The Morgan fingerprint density at radius 1 is 1.33 bits per heavy atom. The minimum Gasteiger partial charge on any atom is -0.493 e. The van der Waals surface area contributed by atoms with Crippen LogP contribution in [0.15, 0.2) is 6.20 Å². The molecule has 0 fully saturated rings. The summed E-state index contributed by atoms with van der Waals surface area (Å²) >= 11 is 0. The van der Waals surface area contributed by atoms with E-state index >= 15 is 0 Å². The molecule has 2 heterocycles. The van der Waals surface area contributed by atoms with E-state index in [2.05, 4.69) is 36.3 Å². The molecule has 21 heavy (non-hydrogen) atoms. The summed E-state index contributed by atoms with van der Waals surface area (Å²) in [7, 11) is 3.66. The fourth-order valence-electron chi connectivity index (χ4n) is 2.83. The third-order valence-corrected chi connectivity index (χ3v) is 3.90. The fourth-order valence-corrected chi connectivity index (χ4v) is 2.83. The van der Waals surface area contributed by atoms with Crippen LogP contribution < -0.4 is 10.1 Å². The number of rotatable bonds is 6. The van der Waals surface area contributed by atoms with E-state index in [-0.39, 0.29) is 6.04 Å². The van der Waals surface area contributed by atoms with Gasteiger partial charge in [0, 0.05) is 24.8 Å². The molecule has 0 amide bonds. The molecule has 0 aliphatic heterocycles. The maximum atomic E-state index is 5.51. The minimum absolute atomic E-state index is 0.0288. The summed E-state index contributed by atoms with van der Waals surface area (Å²) in [6, 6.07) is 0.0288. The standard InChI is InChI=1S/C15H25N5O/c1-7-16-14(13-10(3)18-19(5)11(13)4)15-12(21-6)9-17-20(15)8-2/h9,14,16H,7-8H2,1-6H3. The molecule has 2 aromatic rings. The van der Waals surface area contributed by atoms with Crippen LogP contribution in [-0.2, 0) is 13.6 Å². The van der Waals surface area contributed by atoms with E-state index in [4.69, 9.17) is 4.74 Å². The largest absolute Gasteiger partial charge is 0.493 e. The quantitative estimate of drug-likeness (QED) is 0.884. The summed E-state index contributed by atoms with van der Waals surface area (Å²) in [5.74, 6) is 0.811. The van der Waals surface area contributed by atoms with Gasteiger partial charge >= 0.3 is 0 Å². The second-order valence-corrected chi connectivity index (χ2v) is 5.11. The molecule has 0 saturated heterocycles. The van der Waals surface area contributed by atoms with E-state index in [1.807, 2.05) is 23.3 Å². The van der Waals surface area contributed by atoms with Crippen molar-refractivity contribution in [1.29, 1.82) is 0 Å². The number of nitrogens with one attached hydrogen (secondary N) is 1. The van der Waals surface area contributed by atoms with Crippen LogP contribution in [0, 0.1) is 13.8 Å². The van der Waals surface area contributed by atoms with Gasteiger partial charge in [-0.15, -0.1) is 0 Å². The van der Waals surface area contributed by atoms with Crippen molar-refractivity contribution in [2.75, 3.05) is 13.7 Å². The van der Waals surface area contributed by atoms with Crippen molar-refractivity contribution in [3.63, 3.8) is 0 Å². The molecule has 2 aromatic heterocycles. The van der Waals surface area contributed by atoms with Gasteiger partial charge in [0.05, 0.1) is 25.0 Å². The highest BCUT2D eigenvalue weighted by Crippen LogP contribution is 2.33. The Morgan fingerprint density at radius 2 is 2.05 bits per heavy atom. The average Bonchev–Trinajstić information content (AvgIpc) is 2.98. The number of hydrogen-bond donors (Lipinski definition) is 1. The first kappa shape index (κ1) is 15.6. The molecule has 0 saturated carbocycles. The lowest BCUT2D eigenvalue weighted by Gasteiger charge is -2.21. The lowest BCUT2D eigenvalue weighted by molar-refractivity contribution is 0.399. The molecule has 1 N–H and O–H groups in total. The molecule has 116 valence electrons. The molecular formula is C15H25N5O. The third kappa shape index (κ3) is 2.68. The summed E-state index contributed by atoms with van der Waals surface area (Å²) < 4.78 is 9.42. The predicted octanol–water partition coefficient (Wildman–Crippen LogP) is 1.96. The van der Waals surface area contributed by atoms with Crippen LogP contribution in [0.1, 0.15) is 42.5 Å². The normalized spacial score (nSPS) is 12.7. The van der Waals surface area contributed by atoms with E-state index in [0.717, 1.165) is 35.9 Å². The zero-order chi connectivity index (χ0) is 15.6. The first-order chi connectivity index (χ1) is 10.0. The molecule has 0 radical (unpaired) electrons. The topological polar surface area (TPSA) is 56.9 Å². The Hall–Kier alpha value is -1.82. The van der Waals surface area contributed by atoms with Crippen molar-refractivity contribution in [2.24, 2.45) is 7.05 Å². The van der Waals surface area contributed by atoms with Gasteiger partial charge in [0.25, 0.3) is 0 Å². The van der Waals surface area contributed by atoms with Crippen molar-refractivity contribution in [3.05, 3.63) is 28.8 Å². The van der Waals surface area contributed by atoms with E-state index in [1.165, 1.54) is 5.56 Å². The predicted molar refractivity (Wildman–Crippen MR) is 82.7 cm³/mol. The molecule has 1 unspecified atom stereocenters. The Balaban J connectivity index is 2.61. The zero-order valence-corrected chi connectivity index (χ0v) is 13.8. The van der Waals surface area contributed by atoms with Crippen LogP contribution >= 0.6 is 0 Å². The maximum Gasteiger partial charge on any atom is 0.161 e. The van der Waals surface area contributed by atoms with Crippen molar-refractivity contribution < 1.29 is 4.74 Å². The Bertz CT molecular complexity index is 592. The van der Waals surface area contributed by atoms with Gasteiger partial charge in [0.15, 0.2) is 5.75 Å². The van der Waals surface area contributed by atoms with E-state index in [0.29, 0.717) is 0 Å². The lowest BCUT2D eigenvalue weighted by atomic mass is 10.0. The van der Waals surface area contributed by atoms with Gasteiger partial charge in [-0.2, -0.15) is 10.2 Å². The van der Waals surface area contributed by atoms with E-state index in [9.17, 15) is 0 Å². The number of hydrogen-bond acceptors (Lipinski definition) is 4. The van der Waals surface area contributed by atoms with Crippen LogP contribution in [-0.4, -0.2) is 33.2 Å². The lowest BCUT2D eigenvalue weighted by Crippen LogP contribution is -2.26. The highest BCUT2D eigenvalue weighted by atomic mass is 16.5. The van der Waals surface area contributed by atoms with Gasteiger partial charge in [0.1, 0.15) is 5.69 Å². The Kier molecular flexibility index (Phi) is 4.67. The highest BCUT2D eigenvalue weighted by molar-refractivity contribution is 5.40. The summed E-state index contributed by atoms with van der Waals surface area (Å²) in [6.07, 6.45) is 1.78. The molecule has 1 atom stereocenters. The molecule has 0 bridgehead atoms. The Morgan fingerprint density at radius 3 is 2.52 bits per heavy atom. The molecule has 6 heteroatoms. The summed E-state index contributed by atoms with van der Waals surface area (Å²) in [6.45, 7) is 10.00. The second-order valence-electron chi connectivity index (χ2n) is 5.11. The van der Waals surface area contributed by atoms with Crippen LogP contribution in [0.5, 0.6) is 5.75 Å². The molecule has 0 aromatic carbocycles. The van der Waals surface area contributed by atoms with Gasteiger partial charge in [-0.1, -0.05) is 6.92 Å². The summed E-state index contributed by atoms with van der Waals surface area (Å²) in [4.78, 5) is 0. The van der Waals surface area contributed by atoms with Crippen LogP contribution in [0.2, 0.25) is 0 Å². The number of nitrogens with zero attached hydrogens (tertiary/aromatic N) is 4. The van der Waals surface area contributed by atoms with Gasteiger partial charge in [0.2, 0.25) is 0 Å². The van der Waals surface area contributed by atoms with E-state index < -0.39 is 0 Å². The monoisotopic (exact) mass is 291 g/mol. The number of aromatic nitrogens is 4. The SMILES string of the molecule is CCNC(c1c(C)nn(C)c1C)c1c(OC)cnn1CC. The first-order valence-electron chi connectivity index (χ1n) is 7.38. The molecule has 6 nitrogen and oxygen atoms in total. The van der Waals surface area contributed by atoms with Crippen molar-refractivity contribution in [1.82, 2.24) is 24.9 Å². The van der Waals surface area contributed by atoms with Crippen LogP contribution in [0.25, 0.3) is 0 Å². The highest BCUT2D eigenvalue weighted by Gasteiger charge is 2.27. The van der Waals surface area contributed by atoms with Crippen molar-refractivity contribution in [2.45, 2.75) is 40.3 Å². The number of ether oxygens (including phenoxy) is 1. The van der Waals surface area contributed by atoms with Gasteiger partial charge in [-0.3, -0.25) is 9.36 Å². The van der Waals surface area contributed by atoms with Crippen molar-refractivity contribution >= 4 is 0 Å². The first-order valence-corrected chi connectivity index (χ1v) is 7.38. The second kappa shape index (κ2) is 6.30. The number of methoxy groups -OCH3 is 1. The fraction of sp³-hybridized carbons (Fsp3) is 0.600. The minimum atomic E-state index is 0.0288. The molecular weight excluding hydrogens is 266 g/mol. The summed E-state index contributed by atoms with van der Waals surface area (Å²) in [5, 5.41) is 12.5. The molecule has 0 spiro atoms.